The molecule has 0 bridgehead atoms. The largest absolute Gasteiger partial charge is 0.361 e. The van der Waals surface area contributed by atoms with E-state index in [1.807, 2.05) is 32.2 Å². The molecule has 1 unspecified atom stereocenters. The minimum Gasteiger partial charge on any atom is -0.361 e. The van der Waals surface area contributed by atoms with Gasteiger partial charge in [-0.25, -0.2) is 0 Å². The monoisotopic (exact) mass is 519 g/mol. The van der Waals surface area contributed by atoms with Crippen LogP contribution in [-0.2, 0) is 16.9 Å². The van der Waals surface area contributed by atoms with Gasteiger partial charge in [0, 0.05) is 47.0 Å². The Labute approximate surface area is 221 Å². The molecule has 0 saturated carbocycles. The van der Waals surface area contributed by atoms with E-state index in [1.165, 1.54) is 11.1 Å². The van der Waals surface area contributed by atoms with Gasteiger partial charge < -0.3 is 9.26 Å². The normalized spacial score (nSPS) is 19.1. The molecule has 2 aromatic heterocycles. The summed E-state index contributed by atoms with van der Waals surface area (Å²) in [5, 5.41) is 5.31. The Kier molecular flexibility index (Phi) is 6.12. The molecule has 36 heavy (non-hydrogen) atoms. The Morgan fingerprint density at radius 3 is 2.42 bits per heavy atom. The van der Waals surface area contributed by atoms with Crippen LogP contribution in [0.3, 0.4) is 0 Å². The Morgan fingerprint density at radius 2 is 1.75 bits per heavy atom. The summed E-state index contributed by atoms with van der Waals surface area (Å²) in [5.41, 5.74) is 7.21. The first-order chi connectivity index (χ1) is 17.4. The third-order valence-corrected chi connectivity index (χ3v) is 7.90. The molecule has 0 radical (unpaired) electrons. The van der Waals surface area contributed by atoms with E-state index in [4.69, 9.17) is 37.4 Å². The fourth-order valence-electron chi connectivity index (χ4n) is 5.72. The molecule has 0 amide bonds. The van der Waals surface area contributed by atoms with Crippen molar-refractivity contribution >= 4 is 23.2 Å². The predicted molar refractivity (Wildman–Crippen MR) is 141 cm³/mol. The van der Waals surface area contributed by atoms with Gasteiger partial charge in [-0.05, 0) is 67.6 Å². The van der Waals surface area contributed by atoms with Crippen molar-refractivity contribution in [3.8, 4) is 11.1 Å². The summed E-state index contributed by atoms with van der Waals surface area (Å²) < 4.78 is 12.2. The Balaban J connectivity index is 1.17. The molecule has 7 heteroatoms. The van der Waals surface area contributed by atoms with Crippen LogP contribution < -0.4 is 0 Å². The second-order valence-corrected chi connectivity index (χ2v) is 10.7. The molecule has 184 valence electrons. The zero-order chi connectivity index (χ0) is 24.9. The van der Waals surface area contributed by atoms with Gasteiger partial charge in [0.25, 0.3) is 0 Å². The predicted octanol–water partition coefficient (Wildman–Crippen LogP) is 7.27. The van der Waals surface area contributed by atoms with Crippen LogP contribution in [0.4, 0.5) is 0 Å². The second kappa shape index (κ2) is 9.31. The molecular formula is C29H27Cl2N3O2. The average molecular weight is 520 g/mol. The lowest BCUT2D eigenvalue weighted by Gasteiger charge is -2.39. The maximum absolute atomic E-state index is 6.86. The van der Waals surface area contributed by atoms with Crippen molar-refractivity contribution in [2.75, 3.05) is 13.1 Å². The van der Waals surface area contributed by atoms with Crippen molar-refractivity contribution in [2.24, 2.45) is 0 Å². The quantitative estimate of drug-likeness (QED) is 0.283. The molecule has 0 N–H and O–H groups in total. The van der Waals surface area contributed by atoms with Crippen LogP contribution in [0.5, 0.6) is 0 Å². The number of hydrogen-bond acceptors (Lipinski definition) is 5. The number of rotatable bonds is 4. The summed E-state index contributed by atoms with van der Waals surface area (Å²) in [6, 6.07) is 18.5. The number of ether oxygens (including phenoxy) is 1. The number of aryl methyl sites for hydroxylation is 2. The maximum atomic E-state index is 6.86. The molecule has 2 aliphatic rings. The molecule has 0 aliphatic carbocycles. The summed E-state index contributed by atoms with van der Waals surface area (Å²) in [7, 11) is 0. The van der Waals surface area contributed by atoms with Gasteiger partial charge in [-0.2, -0.15) is 0 Å². The summed E-state index contributed by atoms with van der Waals surface area (Å²) in [6.45, 7) is 6.57. The first kappa shape index (κ1) is 23.7. The van der Waals surface area contributed by atoms with E-state index >= 15 is 0 Å². The topological polar surface area (TPSA) is 51.4 Å². The molecule has 1 spiro atoms. The highest BCUT2D eigenvalue weighted by Gasteiger charge is 2.47. The van der Waals surface area contributed by atoms with Gasteiger partial charge in [-0.3, -0.25) is 9.88 Å². The molecule has 1 fully saturated rings. The fourth-order valence-corrected chi connectivity index (χ4v) is 6.26. The summed E-state index contributed by atoms with van der Waals surface area (Å²) in [5.74, 6) is 0.818. The van der Waals surface area contributed by atoms with Gasteiger partial charge in [-0.1, -0.05) is 58.7 Å². The molecule has 1 atom stereocenters. The van der Waals surface area contributed by atoms with E-state index in [0.717, 1.165) is 66.3 Å². The van der Waals surface area contributed by atoms with Crippen molar-refractivity contribution in [1.82, 2.24) is 15.0 Å². The summed E-state index contributed by atoms with van der Waals surface area (Å²) in [6.07, 6.45) is 3.60. The van der Waals surface area contributed by atoms with E-state index in [1.54, 1.807) is 6.07 Å². The van der Waals surface area contributed by atoms with E-state index in [0.29, 0.717) is 10.0 Å². The molecule has 2 aliphatic heterocycles. The molecule has 5 nitrogen and oxygen atoms in total. The minimum absolute atomic E-state index is 0.164. The van der Waals surface area contributed by atoms with Crippen LogP contribution in [0, 0.1) is 13.8 Å². The molecule has 1 saturated heterocycles. The van der Waals surface area contributed by atoms with Crippen LogP contribution in [0.1, 0.15) is 52.8 Å². The number of fused-ring (bicyclic) bond motifs is 2. The lowest BCUT2D eigenvalue weighted by atomic mass is 9.83. The van der Waals surface area contributed by atoms with Crippen molar-refractivity contribution in [1.29, 1.82) is 0 Å². The Morgan fingerprint density at radius 1 is 1.00 bits per heavy atom. The minimum atomic E-state index is -0.298. The Hall–Kier alpha value is -2.70. The smallest absolute Gasteiger partial charge is 0.141 e. The lowest BCUT2D eigenvalue weighted by Crippen LogP contribution is -2.42. The van der Waals surface area contributed by atoms with Crippen LogP contribution in [0.25, 0.3) is 11.1 Å². The van der Waals surface area contributed by atoms with E-state index in [9.17, 15) is 0 Å². The van der Waals surface area contributed by atoms with E-state index in [-0.39, 0.29) is 11.7 Å². The second-order valence-electron chi connectivity index (χ2n) is 9.80. The van der Waals surface area contributed by atoms with E-state index < -0.39 is 0 Å². The lowest BCUT2D eigenvalue weighted by molar-refractivity contribution is -0.0979. The van der Waals surface area contributed by atoms with Gasteiger partial charge in [0.15, 0.2) is 0 Å². The highest BCUT2D eigenvalue weighted by Crippen LogP contribution is 2.51. The van der Waals surface area contributed by atoms with Gasteiger partial charge >= 0.3 is 0 Å². The summed E-state index contributed by atoms with van der Waals surface area (Å²) in [4.78, 5) is 7.19. The van der Waals surface area contributed by atoms with Gasteiger partial charge in [0.05, 0.1) is 17.0 Å². The molecule has 6 rings (SSSR count). The summed E-state index contributed by atoms with van der Waals surface area (Å²) >= 11 is 12.6. The number of piperidine rings is 1. The third-order valence-electron chi connectivity index (χ3n) is 7.46. The first-order valence-corrected chi connectivity index (χ1v) is 13.0. The number of pyridine rings is 1. The molecular weight excluding hydrogens is 493 g/mol. The van der Waals surface area contributed by atoms with Crippen LogP contribution in [-0.4, -0.2) is 28.1 Å². The highest BCUT2D eigenvalue weighted by atomic mass is 35.5. The number of hydrogen-bond donors (Lipinski definition) is 0. The molecule has 2 aromatic carbocycles. The van der Waals surface area contributed by atoms with Crippen LogP contribution >= 0.6 is 23.2 Å². The van der Waals surface area contributed by atoms with Crippen LogP contribution in [0.15, 0.2) is 65.3 Å². The van der Waals surface area contributed by atoms with Crippen molar-refractivity contribution in [3.63, 3.8) is 0 Å². The van der Waals surface area contributed by atoms with Crippen LogP contribution in [0.2, 0.25) is 10.0 Å². The van der Waals surface area contributed by atoms with E-state index in [2.05, 4.69) is 46.5 Å². The van der Waals surface area contributed by atoms with Gasteiger partial charge in [0.1, 0.15) is 11.9 Å². The van der Waals surface area contributed by atoms with Crippen molar-refractivity contribution < 1.29 is 9.26 Å². The Bertz CT molecular complexity index is 1370. The zero-order valence-electron chi connectivity index (χ0n) is 20.3. The SMILES string of the molecule is Cc1noc(C)c1-c1ccc(CN2CCC3(CC2)OC(c2cc(Cl)cc(Cl)c2)c2ccccc23)nc1. The maximum Gasteiger partial charge on any atom is 0.141 e. The average Bonchev–Trinajstić information content (AvgIpc) is 3.38. The number of likely N-dealkylation sites (tertiary alicyclic amines) is 1. The van der Waals surface area contributed by atoms with Gasteiger partial charge in [0.2, 0.25) is 0 Å². The van der Waals surface area contributed by atoms with Crippen molar-refractivity contribution in [2.45, 2.75) is 44.9 Å². The third kappa shape index (κ3) is 4.24. The van der Waals surface area contributed by atoms with Crippen molar-refractivity contribution in [3.05, 3.63) is 105 Å². The number of aromatic nitrogens is 2. The number of halogens is 2. The molecule has 4 heterocycles. The number of benzene rings is 2. The zero-order valence-corrected chi connectivity index (χ0v) is 21.8. The fraction of sp³-hybridized carbons (Fsp3) is 0.310. The molecule has 4 aromatic rings. The van der Waals surface area contributed by atoms with Gasteiger partial charge in [-0.15, -0.1) is 0 Å². The standard InChI is InChI=1S/C29H27Cl2N3O2/c1-18-27(19(2)36-33-18)20-7-8-24(32-16-20)17-34-11-9-29(10-12-34)26-6-4-3-5-25(26)28(35-29)21-13-22(30)15-23(31)14-21/h3-8,13-16,28H,9-12,17H2,1-2H3. The number of nitrogens with zero attached hydrogens (tertiary/aromatic N) is 3. The first-order valence-electron chi connectivity index (χ1n) is 12.3. The highest BCUT2D eigenvalue weighted by molar-refractivity contribution is 6.34.